The first-order valence-corrected chi connectivity index (χ1v) is 7.06. The van der Waals surface area contributed by atoms with Gasteiger partial charge in [-0.3, -0.25) is 0 Å². The van der Waals surface area contributed by atoms with Crippen LogP contribution in [0.5, 0.6) is 0 Å². The van der Waals surface area contributed by atoms with Crippen LogP contribution in [0.3, 0.4) is 0 Å². The molecule has 0 amide bonds. The minimum atomic E-state index is 0.204. The Morgan fingerprint density at radius 3 is 3.05 bits per heavy atom. The molecule has 1 heterocycles. The van der Waals surface area contributed by atoms with Gasteiger partial charge in [0, 0.05) is 31.4 Å². The van der Waals surface area contributed by atoms with E-state index in [2.05, 4.69) is 27.9 Å². The van der Waals surface area contributed by atoms with Crippen molar-refractivity contribution >= 4 is 11.6 Å². The zero-order valence-electron chi connectivity index (χ0n) is 11.8. The second-order valence-electron chi connectivity index (χ2n) is 4.69. The quantitative estimate of drug-likeness (QED) is 0.798. The van der Waals surface area contributed by atoms with Crippen LogP contribution in [0.2, 0.25) is 5.02 Å². The van der Waals surface area contributed by atoms with Crippen LogP contribution < -0.4 is 5.32 Å². The number of rotatable bonds is 7. The molecule has 5 heteroatoms. The average molecular weight is 294 g/mol. The highest BCUT2D eigenvalue weighted by atomic mass is 35.5. The van der Waals surface area contributed by atoms with E-state index in [1.54, 1.807) is 7.11 Å². The smallest absolute Gasteiger partial charge is 0.0954 e. The molecule has 1 unspecified atom stereocenters. The van der Waals surface area contributed by atoms with Gasteiger partial charge < -0.3 is 14.6 Å². The van der Waals surface area contributed by atoms with Crippen molar-refractivity contribution in [1.29, 1.82) is 0 Å². The Balaban J connectivity index is 2.07. The fourth-order valence-electron chi connectivity index (χ4n) is 2.14. The summed E-state index contributed by atoms with van der Waals surface area (Å²) in [5.74, 6) is 0. The molecule has 0 bridgehead atoms. The molecule has 0 radical (unpaired) electrons. The van der Waals surface area contributed by atoms with Crippen LogP contribution in [0.1, 0.15) is 24.2 Å². The van der Waals surface area contributed by atoms with Crippen LogP contribution in [0.4, 0.5) is 0 Å². The number of aromatic nitrogens is 2. The zero-order valence-corrected chi connectivity index (χ0v) is 12.6. The number of methoxy groups -OCH3 is 1. The van der Waals surface area contributed by atoms with E-state index in [1.807, 2.05) is 30.7 Å². The van der Waals surface area contributed by atoms with Gasteiger partial charge >= 0.3 is 0 Å². The van der Waals surface area contributed by atoms with Crippen molar-refractivity contribution in [3.05, 3.63) is 53.1 Å². The topological polar surface area (TPSA) is 39.1 Å². The average Bonchev–Trinajstić information content (AvgIpc) is 2.91. The SMILES string of the molecule is COCCNCc1cncn1C(C)c1cccc(Cl)c1. The summed E-state index contributed by atoms with van der Waals surface area (Å²) >= 11 is 6.06. The van der Waals surface area contributed by atoms with Crippen molar-refractivity contribution in [2.45, 2.75) is 19.5 Å². The molecule has 4 nitrogen and oxygen atoms in total. The van der Waals surface area contributed by atoms with Crippen molar-refractivity contribution in [2.24, 2.45) is 0 Å². The Morgan fingerprint density at radius 2 is 2.30 bits per heavy atom. The van der Waals surface area contributed by atoms with Crippen LogP contribution in [0.25, 0.3) is 0 Å². The zero-order chi connectivity index (χ0) is 14.4. The summed E-state index contributed by atoms with van der Waals surface area (Å²) in [7, 11) is 1.70. The maximum Gasteiger partial charge on any atom is 0.0954 e. The summed E-state index contributed by atoms with van der Waals surface area (Å²) in [6, 6.07) is 8.14. The van der Waals surface area contributed by atoms with Crippen molar-refractivity contribution in [3.63, 3.8) is 0 Å². The second kappa shape index (κ2) is 7.43. The third-order valence-electron chi connectivity index (χ3n) is 3.28. The van der Waals surface area contributed by atoms with Gasteiger partial charge in [0.1, 0.15) is 0 Å². The Hall–Kier alpha value is -1.36. The third kappa shape index (κ3) is 3.82. The molecule has 0 aliphatic heterocycles. The third-order valence-corrected chi connectivity index (χ3v) is 3.52. The lowest BCUT2D eigenvalue weighted by Gasteiger charge is -2.17. The molecule has 2 rings (SSSR count). The molecule has 0 aliphatic rings. The highest BCUT2D eigenvalue weighted by Crippen LogP contribution is 2.22. The van der Waals surface area contributed by atoms with E-state index in [9.17, 15) is 0 Å². The minimum Gasteiger partial charge on any atom is -0.383 e. The number of nitrogens with one attached hydrogen (secondary N) is 1. The Labute approximate surface area is 124 Å². The van der Waals surface area contributed by atoms with E-state index in [0.29, 0.717) is 6.61 Å². The van der Waals surface area contributed by atoms with E-state index in [1.165, 1.54) is 5.56 Å². The Morgan fingerprint density at radius 1 is 1.45 bits per heavy atom. The number of halogens is 1. The monoisotopic (exact) mass is 293 g/mol. The Kier molecular flexibility index (Phi) is 5.59. The van der Waals surface area contributed by atoms with Crippen LogP contribution in [-0.2, 0) is 11.3 Å². The summed E-state index contributed by atoms with van der Waals surface area (Å²) in [6.07, 6.45) is 3.75. The van der Waals surface area contributed by atoms with Gasteiger partial charge in [-0.2, -0.15) is 0 Å². The highest BCUT2D eigenvalue weighted by molar-refractivity contribution is 6.30. The maximum atomic E-state index is 6.06. The van der Waals surface area contributed by atoms with Gasteiger partial charge in [0.2, 0.25) is 0 Å². The van der Waals surface area contributed by atoms with Crippen molar-refractivity contribution in [3.8, 4) is 0 Å². The van der Waals surface area contributed by atoms with Crippen LogP contribution in [0, 0.1) is 0 Å². The predicted molar refractivity (Wildman–Crippen MR) is 81.1 cm³/mol. The fraction of sp³-hybridized carbons (Fsp3) is 0.400. The molecule has 1 N–H and O–H groups in total. The number of nitrogens with zero attached hydrogens (tertiary/aromatic N) is 2. The number of imidazole rings is 1. The van der Waals surface area contributed by atoms with Crippen molar-refractivity contribution < 1.29 is 4.74 Å². The number of hydrogen-bond acceptors (Lipinski definition) is 3. The first-order chi connectivity index (χ1) is 9.72. The van der Waals surface area contributed by atoms with Crippen LogP contribution in [0.15, 0.2) is 36.8 Å². The maximum absolute atomic E-state index is 6.06. The molecule has 0 saturated heterocycles. The first-order valence-electron chi connectivity index (χ1n) is 6.68. The number of ether oxygens (including phenoxy) is 1. The predicted octanol–water partition coefficient (Wildman–Crippen LogP) is 2.88. The van der Waals surface area contributed by atoms with E-state index in [4.69, 9.17) is 16.3 Å². The lowest BCUT2D eigenvalue weighted by atomic mass is 10.1. The summed E-state index contributed by atoms with van der Waals surface area (Å²) < 4.78 is 7.18. The summed E-state index contributed by atoms with van der Waals surface area (Å²) in [6.45, 7) is 4.45. The molecule has 1 aromatic heterocycles. The summed E-state index contributed by atoms with van der Waals surface area (Å²) in [4.78, 5) is 4.25. The van der Waals surface area contributed by atoms with Gasteiger partial charge in [-0.25, -0.2) is 4.98 Å². The molecule has 2 aromatic rings. The van der Waals surface area contributed by atoms with Gasteiger partial charge in [0.25, 0.3) is 0 Å². The van der Waals surface area contributed by atoms with Gasteiger partial charge in [-0.15, -0.1) is 0 Å². The standard InChI is InChI=1S/C15H20ClN3O/c1-12(13-4-3-5-14(16)8-13)19-11-18-10-15(19)9-17-6-7-20-2/h3-5,8,10-12,17H,6-7,9H2,1-2H3. The van der Waals surface area contributed by atoms with Crippen LogP contribution >= 0.6 is 11.6 Å². The van der Waals surface area contributed by atoms with Gasteiger partial charge in [0.15, 0.2) is 0 Å². The molecular weight excluding hydrogens is 274 g/mol. The first kappa shape index (κ1) is 15.0. The lowest BCUT2D eigenvalue weighted by Crippen LogP contribution is -2.21. The molecule has 108 valence electrons. The fourth-order valence-corrected chi connectivity index (χ4v) is 2.33. The normalized spacial score (nSPS) is 12.6. The van der Waals surface area contributed by atoms with E-state index in [0.717, 1.165) is 23.8 Å². The molecule has 0 fully saturated rings. The summed E-state index contributed by atoms with van der Waals surface area (Å²) in [5.41, 5.74) is 2.32. The molecule has 0 saturated carbocycles. The largest absolute Gasteiger partial charge is 0.383 e. The second-order valence-corrected chi connectivity index (χ2v) is 5.13. The van der Waals surface area contributed by atoms with E-state index < -0.39 is 0 Å². The molecule has 20 heavy (non-hydrogen) atoms. The van der Waals surface area contributed by atoms with E-state index >= 15 is 0 Å². The highest BCUT2D eigenvalue weighted by Gasteiger charge is 2.11. The molecular formula is C15H20ClN3O. The number of hydrogen-bond donors (Lipinski definition) is 1. The Bertz CT molecular complexity index is 541. The van der Waals surface area contributed by atoms with Crippen molar-refractivity contribution in [2.75, 3.05) is 20.3 Å². The van der Waals surface area contributed by atoms with Gasteiger partial charge in [-0.05, 0) is 24.6 Å². The molecule has 1 aromatic carbocycles. The van der Waals surface area contributed by atoms with E-state index in [-0.39, 0.29) is 6.04 Å². The minimum absolute atomic E-state index is 0.204. The van der Waals surface area contributed by atoms with Gasteiger partial charge in [0.05, 0.1) is 24.7 Å². The molecule has 0 aliphatic carbocycles. The van der Waals surface area contributed by atoms with Crippen molar-refractivity contribution in [1.82, 2.24) is 14.9 Å². The van der Waals surface area contributed by atoms with Gasteiger partial charge in [-0.1, -0.05) is 23.7 Å². The molecule has 1 atom stereocenters. The number of benzene rings is 1. The molecule has 0 spiro atoms. The summed E-state index contributed by atoms with van der Waals surface area (Å²) in [5, 5.41) is 4.09. The van der Waals surface area contributed by atoms with Crippen LogP contribution in [-0.4, -0.2) is 29.8 Å². The lowest BCUT2D eigenvalue weighted by molar-refractivity contribution is 0.199.